The summed E-state index contributed by atoms with van der Waals surface area (Å²) < 4.78 is 5.01. The SMILES string of the molecule is O=C1O[C@H]2CC=CC=CC2=C1Cl. The van der Waals surface area contributed by atoms with E-state index in [2.05, 4.69) is 0 Å². The van der Waals surface area contributed by atoms with E-state index >= 15 is 0 Å². The molecule has 0 aromatic rings. The average Bonchev–Trinajstić information content (AvgIpc) is 2.30. The van der Waals surface area contributed by atoms with Crippen molar-refractivity contribution in [2.24, 2.45) is 0 Å². The van der Waals surface area contributed by atoms with Crippen molar-refractivity contribution in [3.8, 4) is 0 Å². The van der Waals surface area contributed by atoms with Gasteiger partial charge in [-0.1, -0.05) is 35.9 Å². The van der Waals surface area contributed by atoms with Gasteiger partial charge in [-0.2, -0.15) is 0 Å². The highest BCUT2D eigenvalue weighted by Crippen LogP contribution is 2.29. The third-order valence-electron chi connectivity index (χ3n) is 1.90. The van der Waals surface area contributed by atoms with Gasteiger partial charge in [-0.3, -0.25) is 0 Å². The summed E-state index contributed by atoms with van der Waals surface area (Å²) in [6.07, 6.45) is 8.10. The van der Waals surface area contributed by atoms with Gasteiger partial charge in [-0.05, 0) is 0 Å². The second-order valence-electron chi connectivity index (χ2n) is 2.69. The summed E-state index contributed by atoms with van der Waals surface area (Å²) in [7, 11) is 0. The Morgan fingerprint density at radius 3 is 3.17 bits per heavy atom. The molecular weight excluding hydrogens is 176 g/mol. The number of esters is 1. The number of allylic oxidation sites excluding steroid dienone is 2. The second-order valence-corrected chi connectivity index (χ2v) is 3.06. The monoisotopic (exact) mass is 182 g/mol. The minimum Gasteiger partial charge on any atom is -0.453 e. The highest BCUT2D eigenvalue weighted by atomic mass is 35.5. The molecule has 0 fully saturated rings. The number of carbonyl (C=O) groups is 1. The van der Waals surface area contributed by atoms with Crippen LogP contribution in [0.3, 0.4) is 0 Å². The van der Waals surface area contributed by atoms with Crippen molar-refractivity contribution in [2.75, 3.05) is 0 Å². The molecule has 0 radical (unpaired) electrons. The van der Waals surface area contributed by atoms with Crippen LogP contribution in [0.25, 0.3) is 0 Å². The van der Waals surface area contributed by atoms with Crippen molar-refractivity contribution in [3.63, 3.8) is 0 Å². The molecule has 0 bridgehead atoms. The molecule has 3 heteroatoms. The van der Waals surface area contributed by atoms with E-state index < -0.39 is 5.97 Å². The van der Waals surface area contributed by atoms with Crippen LogP contribution in [-0.2, 0) is 9.53 Å². The van der Waals surface area contributed by atoms with Gasteiger partial charge in [-0.25, -0.2) is 4.79 Å². The number of halogens is 1. The quantitative estimate of drug-likeness (QED) is 0.535. The fraction of sp³-hybridized carbons (Fsp3) is 0.222. The Kier molecular flexibility index (Phi) is 1.77. The van der Waals surface area contributed by atoms with Crippen LogP contribution in [0.4, 0.5) is 0 Å². The molecule has 62 valence electrons. The topological polar surface area (TPSA) is 26.3 Å². The van der Waals surface area contributed by atoms with Gasteiger partial charge in [-0.15, -0.1) is 0 Å². The van der Waals surface area contributed by atoms with Gasteiger partial charge in [0.25, 0.3) is 0 Å². The van der Waals surface area contributed by atoms with Gasteiger partial charge >= 0.3 is 5.97 Å². The lowest BCUT2D eigenvalue weighted by atomic mass is 10.1. The van der Waals surface area contributed by atoms with E-state index in [1.807, 2.05) is 24.3 Å². The molecule has 1 atom stereocenters. The lowest BCUT2D eigenvalue weighted by Gasteiger charge is -2.06. The summed E-state index contributed by atoms with van der Waals surface area (Å²) in [6, 6.07) is 0. The number of hydrogen-bond donors (Lipinski definition) is 0. The maximum atomic E-state index is 11.0. The van der Waals surface area contributed by atoms with Crippen molar-refractivity contribution in [3.05, 3.63) is 34.9 Å². The third kappa shape index (κ3) is 1.08. The Labute approximate surface area is 75.2 Å². The summed E-state index contributed by atoms with van der Waals surface area (Å²) in [5, 5.41) is 0.222. The Hall–Kier alpha value is -1.02. The molecule has 0 saturated carbocycles. The first-order chi connectivity index (χ1) is 5.79. The predicted octanol–water partition coefficient (Wildman–Crippen LogP) is 1.92. The smallest absolute Gasteiger partial charge is 0.350 e. The second kappa shape index (κ2) is 2.79. The lowest BCUT2D eigenvalue weighted by molar-refractivity contribution is -0.138. The maximum Gasteiger partial charge on any atom is 0.350 e. The van der Waals surface area contributed by atoms with Crippen LogP contribution in [0.5, 0.6) is 0 Å². The van der Waals surface area contributed by atoms with E-state index in [4.69, 9.17) is 16.3 Å². The first-order valence-corrected chi connectivity index (χ1v) is 4.10. The lowest BCUT2D eigenvalue weighted by Crippen LogP contribution is -2.08. The number of ether oxygens (including phenoxy) is 1. The van der Waals surface area contributed by atoms with E-state index in [1.54, 1.807) is 0 Å². The van der Waals surface area contributed by atoms with E-state index in [1.165, 1.54) is 0 Å². The molecule has 0 spiro atoms. The van der Waals surface area contributed by atoms with Crippen LogP contribution in [0.15, 0.2) is 34.9 Å². The van der Waals surface area contributed by atoms with Crippen molar-refractivity contribution in [1.82, 2.24) is 0 Å². The fourth-order valence-electron chi connectivity index (χ4n) is 1.30. The predicted molar refractivity (Wildman–Crippen MR) is 45.7 cm³/mol. The van der Waals surface area contributed by atoms with Crippen LogP contribution in [0.2, 0.25) is 0 Å². The normalized spacial score (nSPS) is 27.1. The minimum atomic E-state index is -0.406. The fourth-order valence-corrected chi connectivity index (χ4v) is 1.53. The standard InChI is InChI=1S/C9H7ClO2/c10-8-6-4-2-1-3-5-7(6)12-9(8)11/h1-4,7H,5H2/t7-/m0/s1. The zero-order valence-electron chi connectivity index (χ0n) is 6.29. The number of fused-ring (bicyclic) bond motifs is 1. The zero-order chi connectivity index (χ0) is 8.55. The van der Waals surface area contributed by atoms with Crippen molar-refractivity contribution in [2.45, 2.75) is 12.5 Å². The minimum absolute atomic E-state index is 0.167. The molecule has 2 aliphatic rings. The molecule has 0 N–H and O–H groups in total. The van der Waals surface area contributed by atoms with Gasteiger partial charge in [0, 0.05) is 12.0 Å². The Balaban J connectivity index is 2.40. The molecule has 1 heterocycles. The third-order valence-corrected chi connectivity index (χ3v) is 2.27. The molecule has 0 saturated heterocycles. The van der Waals surface area contributed by atoms with Crippen LogP contribution < -0.4 is 0 Å². The summed E-state index contributed by atoms with van der Waals surface area (Å²) in [5.41, 5.74) is 0.798. The van der Waals surface area contributed by atoms with Gasteiger partial charge in [0.05, 0.1) is 0 Å². The van der Waals surface area contributed by atoms with E-state index in [-0.39, 0.29) is 11.1 Å². The number of rotatable bonds is 0. The molecular formula is C9H7ClO2. The first-order valence-electron chi connectivity index (χ1n) is 3.73. The van der Waals surface area contributed by atoms with Crippen LogP contribution in [-0.4, -0.2) is 12.1 Å². The summed E-state index contributed by atoms with van der Waals surface area (Å²) in [5.74, 6) is -0.406. The number of carbonyl (C=O) groups excluding carboxylic acids is 1. The van der Waals surface area contributed by atoms with Crippen LogP contribution >= 0.6 is 11.6 Å². The molecule has 1 aliphatic heterocycles. The molecule has 0 aromatic carbocycles. The van der Waals surface area contributed by atoms with Gasteiger partial charge in [0.2, 0.25) is 0 Å². The van der Waals surface area contributed by atoms with E-state index in [0.29, 0.717) is 6.42 Å². The van der Waals surface area contributed by atoms with E-state index in [0.717, 1.165) is 5.57 Å². The largest absolute Gasteiger partial charge is 0.453 e. The zero-order valence-corrected chi connectivity index (χ0v) is 7.04. The molecule has 2 nitrogen and oxygen atoms in total. The molecule has 12 heavy (non-hydrogen) atoms. The van der Waals surface area contributed by atoms with E-state index in [9.17, 15) is 4.79 Å². The Morgan fingerprint density at radius 1 is 1.50 bits per heavy atom. The van der Waals surface area contributed by atoms with Gasteiger partial charge < -0.3 is 4.74 Å². The van der Waals surface area contributed by atoms with Gasteiger partial charge in [0.15, 0.2) is 0 Å². The summed E-state index contributed by atoms with van der Waals surface area (Å²) in [4.78, 5) is 11.0. The molecule has 0 unspecified atom stereocenters. The number of hydrogen-bond acceptors (Lipinski definition) is 2. The summed E-state index contributed by atoms with van der Waals surface area (Å²) in [6.45, 7) is 0. The van der Waals surface area contributed by atoms with Crippen LogP contribution in [0, 0.1) is 0 Å². The maximum absolute atomic E-state index is 11.0. The highest BCUT2D eigenvalue weighted by molar-refractivity contribution is 6.42. The van der Waals surface area contributed by atoms with Crippen molar-refractivity contribution in [1.29, 1.82) is 0 Å². The summed E-state index contributed by atoms with van der Waals surface area (Å²) >= 11 is 5.73. The Bertz CT molecular complexity index is 312. The van der Waals surface area contributed by atoms with Crippen LogP contribution in [0.1, 0.15) is 6.42 Å². The first kappa shape index (κ1) is 7.62. The molecule has 2 rings (SSSR count). The molecule has 0 aromatic heterocycles. The Morgan fingerprint density at radius 2 is 2.33 bits per heavy atom. The van der Waals surface area contributed by atoms with Crippen molar-refractivity contribution >= 4 is 17.6 Å². The van der Waals surface area contributed by atoms with Crippen molar-refractivity contribution < 1.29 is 9.53 Å². The molecule has 0 amide bonds. The average molecular weight is 183 g/mol. The van der Waals surface area contributed by atoms with Gasteiger partial charge in [0.1, 0.15) is 11.1 Å². The molecule has 1 aliphatic carbocycles. The highest BCUT2D eigenvalue weighted by Gasteiger charge is 2.30.